The van der Waals surface area contributed by atoms with Crippen molar-refractivity contribution in [3.05, 3.63) is 81.9 Å². The van der Waals surface area contributed by atoms with Crippen molar-refractivity contribution in [2.24, 2.45) is 5.92 Å². The second kappa shape index (κ2) is 9.30. The SMILES string of the molecule is CC(C)[C@@H]([C@H](O)C[N+](=O)[O-])N(Cc1ccccc1)Cc1ccccc1. The van der Waals surface area contributed by atoms with Gasteiger partial charge in [-0.05, 0) is 17.0 Å². The summed E-state index contributed by atoms with van der Waals surface area (Å²) in [6.45, 7) is 4.82. The molecule has 0 aromatic heterocycles. The summed E-state index contributed by atoms with van der Waals surface area (Å²) in [5.74, 6) is 0.0855. The van der Waals surface area contributed by atoms with Crippen LogP contribution in [0.25, 0.3) is 0 Å². The lowest BCUT2D eigenvalue weighted by Gasteiger charge is -2.36. The number of nitrogens with zero attached hydrogens (tertiary/aromatic N) is 2. The third kappa shape index (κ3) is 5.96. The van der Waals surface area contributed by atoms with Crippen molar-refractivity contribution in [1.82, 2.24) is 4.90 Å². The molecule has 0 radical (unpaired) electrons. The van der Waals surface area contributed by atoms with Gasteiger partial charge in [-0.25, -0.2) is 0 Å². The van der Waals surface area contributed by atoms with E-state index in [0.29, 0.717) is 13.1 Å². The third-order valence-corrected chi connectivity index (χ3v) is 4.29. The highest BCUT2D eigenvalue weighted by Gasteiger charge is 2.32. The lowest BCUT2D eigenvalue weighted by atomic mass is 9.95. The van der Waals surface area contributed by atoms with E-state index in [1.807, 2.05) is 74.5 Å². The Morgan fingerprint density at radius 2 is 1.40 bits per heavy atom. The zero-order valence-electron chi connectivity index (χ0n) is 14.8. The maximum atomic E-state index is 10.9. The number of benzene rings is 2. The summed E-state index contributed by atoms with van der Waals surface area (Å²) in [5, 5.41) is 21.4. The van der Waals surface area contributed by atoms with Crippen molar-refractivity contribution < 1.29 is 10.0 Å². The predicted octanol–water partition coefficient (Wildman–Crippen LogP) is 3.35. The minimum atomic E-state index is -1.01. The molecule has 0 aliphatic heterocycles. The molecule has 1 N–H and O–H groups in total. The van der Waals surface area contributed by atoms with E-state index in [-0.39, 0.29) is 12.0 Å². The van der Waals surface area contributed by atoms with Gasteiger partial charge in [0.1, 0.15) is 6.10 Å². The van der Waals surface area contributed by atoms with Gasteiger partial charge >= 0.3 is 0 Å². The average molecular weight is 342 g/mol. The first-order valence-corrected chi connectivity index (χ1v) is 8.59. The summed E-state index contributed by atoms with van der Waals surface area (Å²) in [4.78, 5) is 12.6. The fourth-order valence-corrected chi connectivity index (χ4v) is 3.27. The van der Waals surface area contributed by atoms with E-state index < -0.39 is 17.6 Å². The molecule has 2 rings (SSSR count). The molecule has 134 valence electrons. The molecule has 0 amide bonds. The van der Waals surface area contributed by atoms with Crippen LogP contribution in [0.3, 0.4) is 0 Å². The molecule has 0 saturated heterocycles. The molecule has 25 heavy (non-hydrogen) atoms. The van der Waals surface area contributed by atoms with Gasteiger partial charge in [-0.1, -0.05) is 74.5 Å². The first kappa shape index (κ1) is 19.1. The molecule has 5 nitrogen and oxygen atoms in total. The lowest BCUT2D eigenvalue weighted by Crippen LogP contribution is -2.48. The quantitative estimate of drug-likeness (QED) is 0.560. The van der Waals surface area contributed by atoms with Crippen molar-refractivity contribution in [2.75, 3.05) is 6.54 Å². The van der Waals surface area contributed by atoms with E-state index in [0.717, 1.165) is 11.1 Å². The van der Waals surface area contributed by atoms with Crippen LogP contribution in [0.1, 0.15) is 25.0 Å². The van der Waals surface area contributed by atoms with Gasteiger partial charge in [0.15, 0.2) is 0 Å². The van der Waals surface area contributed by atoms with Gasteiger partial charge in [-0.15, -0.1) is 0 Å². The van der Waals surface area contributed by atoms with Crippen LogP contribution in [0, 0.1) is 16.0 Å². The van der Waals surface area contributed by atoms with E-state index in [9.17, 15) is 15.2 Å². The monoisotopic (exact) mass is 342 g/mol. The zero-order chi connectivity index (χ0) is 18.2. The smallest absolute Gasteiger partial charge is 0.230 e. The molecule has 2 aromatic carbocycles. The number of rotatable bonds is 9. The summed E-state index contributed by atoms with van der Waals surface area (Å²) in [6, 6.07) is 19.7. The van der Waals surface area contributed by atoms with Crippen LogP contribution in [0.15, 0.2) is 60.7 Å². The van der Waals surface area contributed by atoms with Crippen LogP contribution in [-0.4, -0.2) is 33.6 Å². The Labute approximate surface area is 149 Å². The van der Waals surface area contributed by atoms with Gasteiger partial charge in [-0.2, -0.15) is 0 Å². The molecule has 2 atom stereocenters. The number of hydrogen-bond donors (Lipinski definition) is 1. The minimum absolute atomic E-state index is 0.0855. The third-order valence-electron chi connectivity index (χ3n) is 4.29. The van der Waals surface area contributed by atoms with Crippen LogP contribution in [-0.2, 0) is 13.1 Å². The summed E-state index contributed by atoms with van der Waals surface area (Å²) in [5.41, 5.74) is 2.25. The molecule has 0 aliphatic carbocycles. The number of nitro groups is 1. The Morgan fingerprint density at radius 3 is 1.76 bits per heavy atom. The second-order valence-corrected chi connectivity index (χ2v) is 6.69. The van der Waals surface area contributed by atoms with Crippen molar-refractivity contribution in [2.45, 2.75) is 39.1 Å². The van der Waals surface area contributed by atoms with Crippen molar-refractivity contribution in [1.29, 1.82) is 0 Å². The largest absolute Gasteiger partial charge is 0.385 e. The van der Waals surface area contributed by atoms with Crippen LogP contribution in [0.4, 0.5) is 0 Å². The summed E-state index contributed by atoms with van der Waals surface area (Å²) in [6.07, 6.45) is -1.01. The molecule has 0 aliphatic rings. The Balaban J connectivity index is 2.27. The van der Waals surface area contributed by atoms with E-state index in [1.165, 1.54) is 0 Å². The standard InChI is InChI=1S/C20H26N2O3/c1-16(2)20(19(23)15-22(24)25)21(13-17-9-5-3-6-10-17)14-18-11-7-4-8-12-18/h3-12,16,19-20,23H,13-15H2,1-2H3/t19-,20+/m1/s1. The highest BCUT2D eigenvalue weighted by Crippen LogP contribution is 2.21. The van der Waals surface area contributed by atoms with Crippen LogP contribution in [0.5, 0.6) is 0 Å². The van der Waals surface area contributed by atoms with Crippen LogP contribution < -0.4 is 0 Å². The molecule has 0 unspecified atom stereocenters. The second-order valence-electron chi connectivity index (χ2n) is 6.69. The number of hydrogen-bond acceptors (Lipinski definition) is 4. The highest BCUT2D eigenvalue weighted by molar-refractivity contribution is 5.17. The maximum Gasteiger partial charge on any atom is 0.230 e. The van der Waals surface area contributed by atoms with Gasteiger partial charge in [0.25, 0.3) is 0 Å². The van der Waals surface area contributed by atoms with E-state index >= 15 is 0 Å². The molecule has 0 spiro atoms. The van der Waals surface area contributed by atoms with Crippen molar-refractivity contribution >= 4 is 0 Å². The maximum absolute atomic E-state index is 10.9. The van der Waals surface area contributed by atoms with E-state index in [2.05, 4.69) is 4.90 Å². The van der Waals surface area contributed by atoms with Gasteiger partial charge in [0.2, 0.25) is 6.54 Å². The first-order valence-electron chi connectivity index (χ1n) is 8.59. The van der Waals surface area contributed by atoms with Crippen molar-refractivity contribution in [3.63, 3.8) is 0 Å². The zero-order valence-corrected chi connectivity index (χ0v) is 14.8. The number of aliphatic hydroxyl groups is 1. The predicted molar refractivity (Wildman–Crippen MR) is 98.6 cm³/mol. The summed E-state index contributed by atoms with van der Waals surface area (Å²) >= 11 is 0. The minimum Gasteiger partial charge on any atom is -0.385 e. The molecule has 2 aromatic rings. The highest BCUT2D eigenvalue weighted by atomic mass is 16.6. The molecule has 0 fully saturated rings. The molecular weight excluding hydrogens is 316 g/mol. The summed E-state index contributed by atoms with van der Waals surface area (Å²) in [7, 11) is 0. The molecule has 5 heteroatoms. The van der Waals surface area contributed by atoms with Gasteiger partial charge in [-0.3, -0.25) is 15.0 Å². The van der Waals surface area contributed by atoms with Gasteiger partial charge < -0.3 is 5.11 Å². The Hall–Kier alpha value is -2.24. The van der Waals surface area contributed by atoms with Gasteiger partial charge in [0.05, 0.1) is 0 Å². The first-order chi connectivity index (χ1) is 12.0. The fraction of sp³-hybridized carbons (Fsp3) is 0.400. The Bertz CT molecular complexity index is 605. The molecular formula is C20H26N2O3. The molecule has 0 saturated carbocycles. The lowest BCUT2D eigenvalue weighted by molar-refractivity contribution is -0.492. The van der Waals surface area contributed by atoms with Crippen molar-refractivity contribution in [3.8, 4) is 0 Å². The summed E-state index contributed by atoms with van der Waals surface area (Å²) < 4.78 is 0. The normalized spacial score (nSPS) is 13.8. The average Bonchev–Trinajstić information content (AvgIpc) is 2.55. The van der Waals surface area contributed by atoms with E-state index in [1.54, 1.807) is 0 Å². The fourth-order valence-electron chi connectivity index (χ4n) is 3.27. The van der Waals surface area contributed by atoms with Gasteiger partial charge in [0, 0.05) is 24.1 Å². The number of aliphatic hydroxyl groups excluding tert-OH is 1. The topological polar surface area (TPSA) is 66.6 Å². The van der Waals surface area contributed by atoms with Crippen LogP contribution >= 0.6 is 0 Å². The van der Waals surface area contributed by atoms with Crippen LogP contribution in [0.2, 0.25) is 0 Å². The van der Waals surface area contributed by atoms with E-state index in [4.69, 9.17) is 0 Å². The Kier molecular flexibility index (Phi) is 7.10. The molecule has 0 heterocycles. The molecule has 0 bridgehead atoms. The Morgan fingerprint density at radius 1 is 0.960 bits per heavy atom.